The molecule has 2 heterocycles. The fourth-order valence-electron chi connectivity index (χ4n) is 1.65. The number of hydrogen-bond donors (Lipinski definition) is 0. The highest BCUT2D eigenvalue weighted by atomic mass is 16.5. The molecule has 0 unspecified atom stereocenters. The van der Waals surface area contributed by atoms with E-state index < -0.39 is 0 Å². The summed E-state index contributed by atoms with van der Waals surface area (Å²) in [6.45, 7) is 0. The minimum Gasteiger partial charge on any atom is -0.497 e. The van der Waals surface area contributed by atoms with Crippen LogP contribution >= 0.6 is 0 Å². The van der Waals surface area contributed by atoms with Gasteiger partial charge in [0.15, 0.2) is 0 Å². The second-order valence-corrected chi connectivity index (χ2v) is 3.58. The minimum atomic E-state index is 0.599. The molecule has 1 aromatic carbocycles. The molecule has 0 aliphatic carbocycles. The van der Waals surface area contributed by atoms with E-state index in [2.05, 4.69) is 15.1 Å². The summed E-state index contributed by atoms with van der Waals surface area (Å²) in [6, 6.07) is 7.80. The lowest BCUT2D eigenvalue weighted by Gasteiger charge is -2.03. The highest BCUT2D eigenvalue weighted by Gasteiger charge is 2.02. The molecule has 5 nitrogen and oxygen atoms in total. The lowest BCUT2D eigenvalue weighted by Crippen LogP contribution is -1.92. The SMILES string of the molecule is COc1ccc(-c2cnc3ncnn3c2)cc1. The number of hydrogen-bond acceptors (Lipinski definition) is 4. The molecular weight excluding hydrogens is 216 g/mol. The maximum Gasteiger partial charge on any atom is 0.252 e. The summed E-state index contributed by atoms with van der Waals surface area (Å²) in [5, 5.41) is 4.06. The smallest absolute Gasteiger partial charge is 0.252 e. The summed E-state index contributed by atoms with van der Waals surface area (Å²) in [5.41, 5.74) is 2.06. The molecule has 84 valence electrons. The third-order valence-corrected chi connectivity index (χ3v) is 2.56. The average molecular weight is 226 g/mol. The van der Waals surface area contributed by atoms with Gasteiger partial charge in [-0.2, -0.15) is 10.1 Å². The molecule has 0 N–H and O–H groups in total. The molecule has 3 rings (SSSR count). The molecule has 0 spiro atoms. The molecule has 3 aromatic rings. The van der Waals surface area contributed by atoms with Gasteiger partial charge in [-0.05, 0) is 17.7 Å². The van der Waals surface area contributed by atoms with Crippen molar-refractivity contribution in [3.05, 3.63) is 43.0 Å². The van der Waals surface area contributed by atoms with Gasteiger partial charge in [-0.1, -0.05) is 12.1 Å². The molecule has 2 aromatic heterocycles. The van der Waals surface area contributed by atoms with E-state index in [9.17, 15) is 0 Å². The van der Waals surface area contributed by atoms with Crippen molar-refractivity contribution >= 4 is 5.78 Å². The van der Waals surface area contributed by atoms with Crippen molar-refractivity contribution in [1.82, 2.24) is 19.6 Å². The van der Waals surface area contributed by atoms with E-state index in [0.29, 0.717) is 5.78 Å². The van der Waals surface area contributed by atoms with Crippen molar-refractivity contribution in [3.8, 4) is 16.9 Å². The monoisotopic (exact) mass is 226 g/mol. The Bertz CT molecular complexity index is 645. The van der Waals surface area contributed by atoms with Crippen LogP contribution in [-0.4, -0.2) is 26.7 Å². The number of nitrogens with zero attached hydrogens (tertiary/aromatic N) is 4. The van der Waals surface area contributed by atoms with Gasteiger partial charge in [0.1, 0.15) is 12.1 Å². The molecule has 0 aliphatic rings. The van der Waals surface area contributed by atoms with Crippen molar-refractivity contribution in [2.75, 3.05) is 7.11 Å². The fraction of sp³-hybridized carbons (Fsp3) is 0.0833. The average Bonchev–Trinajstić information content (AvgIpc) is 2.86. The van der Waals surface area contributed by atoms with Gasteiger partial charge in [-0.25, -0.2) is 9.50 Å². The number of benzene rings is 1. The number of methoxy groups -OCH3 is 1. The van der Waals surface area contributed by atoms with Gasteiger partial charge in [0.2, 0.25) is 0 Å². The summed E-state index contributed by atoms with van der Waals surface area (Å²) in [7, 11) is 1.65. The van der Waals surface area contributed by atoms with Crippen molar-refractivity contribution in [2.24, 2.45) is 0 Å². The Hall–Kier alpha value is -2.43. The Kier molecular flexibility index (Phi) is 2.22. The molecule has 5 heteroatoms. The Morgan fingerprint density at radius 3 is 2.65 bits per heavy atom. The maximum atomic E-state index is 5.12. The van der Waals surface area contributed by atoms with Crippen LogP contribution in [-0.2, 0) is 0 Å². The van der Waals surface area contributed by atoms with Crippen LogP contribution in [0.4, 0.5) is 0 Å². The number of ether oxygens (including phenoxy) is 1. The van der Waals surface area contributed by atoms with Crippen molar-refractivity contribution < 1.29 is 4.74 Å². The van der Waals surface area contributed by atoms with Gasteiger partial charge >= 0.3 is 0 Å². The molecule has 0 saturated heterocycles. The first-order chi connectivity index (χ1) is 8.36. The van der Waals surface area contributed by atoms with Crippen LogP contribution in [0.3, 0.4) is 0 Å². The highest BCUT2D eigenvalue weighted by molar-refractivity contribution is 5.63. The van der Waals surface area contributed by atoms with Gasteiger partial charge < -0.3 is 4.74 Å². The van der Waals surface area contributed by atoms with E-state index in [1.54, 1.807) is 17.8 Å². The molecule has 0 fully saturated rings. The summed E-state index contributed by atoms with van der Waals surface area (Å²) >= 11 is 0. The van der Waals surface area contributed by atoms with E-state index in [1.807, 2.05) is 30.5 Å². The van der Waals surface area contributed by atoms with E-state index in [1.165, 1.54) is 6.33 Å². The second kappa shape index (κ2) is 3.86. The largest absolute Gasteiger partial charge is 0.497 e. The van der Waals surface area contributed by atoms with Gasteiger partial charge in [0.05, 0.1) is 7.11 Å². The zero-order valence-corrected chi connectivity index (χ0v) is 9.24. The first-order valence-electron chi connectivity index (χ1n) is 5.16. The summed E-state index contributed by atoms with van der Waals surface area (Å²) in [4.78, 5) is 8.22. The molecule has 0 bridgehead atoms. The topological polar surface area (TPSA) is 52.3 Å². The van der Waals surface area contributed by atoms with Crippen LogP contribution < -0.4 is 4.74 Å². The summed E-state index contributed by atoms with van der Waals surface area (Å²) in [6.07, 6.45) is 5.17. The maximum absolute atomic E-state index is 5.12. The van der Waals surface area contributed by atoms with Crippen molar-refractivity contribution in [2.45, 2.75) is 0 Å². The zero-order chi connectivity index (χ0) is 11.7. The van der Waals surface area contributed by atoms with Crippen molar-refractivity contribution in [1.29, 1.82) is 0 Å². The van der Waals surface area contributed by atoms with E-state index in [0.717, 1.165) is 16.9 Å². The van der Waals surface area contributed by atoms with Crippen LogP contribution in [0, 0.1) is 0 Å². The van der Waals surface area contributed by atoms with Gasteiger partial charge in [-0.3, -0.25) is 0 Å². The highest BCUT2D eigenvalue weighted by Crippen LogP contribution is 2.21. The number of aromatic nitrogens is 4. The first kappa shape index (κ1) is 9.77. The fourth-order valence-corrected chi connectivity index (χ4v) is 1.65. The molecule has 0 aliphatic heterocycles. The Morgan fingerprint density at radius 2 is 1.88 bits per heavy atom. The lowest BCUT2D eigenvalue weighted by atomic mass is 10.1. The van der Waals surface area contributed by atoms with E-state index in [4.69, 9.17) is 4.74 Å². The van der Waals surface area contributed by atoms with Gasteiger partial charge in [-0.15, -0.1) is 0 Å². The molecule has 17 heavy (non-hydrogen) atoms. The van der Waals surface area contributed by atoms with E-state index in [-0.39, 0.29) is 0 Å². The Balaban J connectivity index is 2.06. The number of fused-ring (bicyclic) bond motifs is 1. The van der Waals surface area contributed by atoms with Gasteiger partial charge in [0, 0.05) is 18.0 Å². The van der Waals surface area contributed by atoms with Crippen LogP contribution in [0.25, 0.3) is 16.9 Å². The third-order valence-electron chi connectivity index (χ3n) is 2.56. The normalized spacial score (nSPS) is 10.6. The first-order valence-corrected chi connectivity index (χ1v) is 5.16. The molecular formula is C12H10N4O. The molecule has 0 saturated carbocycles. The van der Waals surface area contributed by atoms with E-state index >= 15 is 0 Å². The standard InChI is InChI=1S/C12H10N4O/c1-17-11-4-2-9(3-5-11)10-6-13-12-14-8-15-16(12)7-10/h2-8H,1H3. The molecule has 0 atom stereocenters. The van der Waals surface area contributed by atoms with Crippen LogP contribution in [0.1, 0.15) is 0 Å². The minimum absolute atomic E-state index is 0.599. The van der Waals surface area contributed by atoms with Gasteiger partial charge in [0.25, 0.3) is 5.78 Å². The molecule has 0 radical (unpaired) electrons. The summed E-state index contributed by atoms with van der Waals surface area (Å²) in [5.74, 6) is 1.44. The number of rotatable bonds is 2. The van der Waals surface area contributed by atoms with Crippen molar-refractivity contribution in [3.63, 3.8) is 0 Å². The van der Waals surface area contributed by atoms with Crippen LogP contribution in [0.2, 0.25) is 0 Å². The second-order valence-electron chi connectivity index (χ2n) is 3.58. The lowest BCUT2D eigenvalue weighted by molar-refractivity contribution is 0.415. The summed E-state index contributed by atoms with van der Waals surface area (Å²) < 4.78 is 6.77. The quantitative estimate of drug-likeness (QED) is 0.668. The van der Waals surface area contributed by atoms with Crippen LogP contribution in [0.15, 0.2) is 43.0 Å². The Morgan fingerprint density at radius 1 is 1.06 bits per heavy atom. The van der Waals surface area contributed by atoms with Crippen LogP contribution in [0.5, 0.6) is 5.75 Å². The predicted molar refractivity (Wildman–Crippen MR) is 62.8 cm³/mol. The Labute approximate surface area is 97.7 Å². The predicted octanol–water partition coefficient (Wildman–Crippen LogP) is 1.80. The molecule has 0 amide bonds. The zero-order valence-electron chi connectivity index (χ0n) is 9.24. The third kappa shape index (κ3) is 1.71.